The Morgan fingerprint density at radius 1 is 1.39 bits per heavy atom. The molecule has 3 N–H and O–H groups in total. The standard InChI is InChI=1S/C14H20FNO2/c1-2-3-6-9-14(10-16,13(17)18)11-7-4-5-8-12(11)15/h4-5,7-8H,2-3,6,9-10,16H2,1H3,(H,17,18). The number of benzene rings is 1. The van der Waals surface area contributed by atoms with Crippen molar-refractivity contribution in [3.63, 3.8) is 0 Å². The molecular formula is C14H20FNO2. The highest BCUT2D eigenvalue weighted by Crippen LogP contribution is 2.31. The van der Waals surface area contributed by atoms with Crippen LogP contribution >= 0.6 is 0 Å². The number of halogens is 1. The van der Waals surface area contributed by atoms with E-state index in [-0.39, 0.29) is 12.1 Å². The summed E-state index contributed by atoms with van der Waals surface area (Å²) in [7, 11) is 0. The number of nitrogens with two attached hydrogens (primary N) is 1. The van der Waals surface area contributed by atoms with E-state index in [1.807, 2.05) is 6.92 Å². The molecule has 0 radical (unpaired) electrons. The molecule has 100 valence electrons. The van der Waals surface area contributed by atoms with Crippen molar-refractivity contribution in [1.29, 1.82) is 0 Å². The number of carboxylic acids is 1. The van der Waals surface area contributed by atoms with Crippen molar-refractivity contribution in [3.05, 3.63) is 35.6 Å². The van der Waals surface area contributed by atoms with Crippen molar-refractivity contribution < 1.29 is 14.3 Å². The molecule has 0 aliphatic heterocycles. The van der Waals surface area contributed by atoms with Crippen molar-refractivity contribution >= 4 is 5.97 Å². The maximum absolute atomic E-state index is 13.8. The van der Waals surface area contributed by atoms with E-state index in [4.69, 9.17) is 5.73 Å². The highest BCUT2D eigenvalue weighted by molar-refractivity contribution is 5.81. The smallest absolute Gasteiger partial charge is 0.315 e. The normalized spacial score (nSPS) is 14.2. The molecule has 0 amide bonds. The summed E-state index contributed by atoms with van der Waals surface area (Å²) in [6.07, 6.45) is 3.00. The molecule has 0 fully saturated rings. The quantitative estimate of drug-likeness (QED) is 0.734. The third-order valence-electron chi connectivity index (χ3n) is 3.35. The number of aliphatic carboxylic acids is 1. The summed E-state index contributed by atoms with van der Waals surface area (Å²) in [4.78, 5) is 11.6. The zero-order chi connectivity index (χ0) is 13.6. The number of hydrogen-bond acceptors (Lipinski definition) is 2. The predicted molar refractivity (Wildman–Crippen MR) is 68.9 cm³/mol. The van der Waals surface area contributed by atoms with Gasteiger partial charge in [-0.2, -0.15) is 0 Å². The first-order valence-corrected chi connectivity index (χ1v) is 6.27. The van der Waals surface area contributed by atoms with E-state index >= 15 is 0 Å². The van der Waals surface area contributed by atoms with E-state index in [1.54, 1.807) is 12.1 Å². The molecule has 4 heteroatoms. The predicted octanol–water partition coefficient (Wildman–Crippen LogP) is 2.69. The molecule has 0 aliphatic carbocycles. The lowest BCUT2D eigenvalue weighted by Gasteiger charge is -2.28. The first kappa shape index (κ1) is 14.6. The van der Waals surface area contributed by atoms with E-state index in [0.717, 1.165) is 19.3 Å². The zero-order valence-electron chi connectivity index (χ0n) is 10.7. The number of carboxylic acid groups (broad SMARTS) is 1. The van der Waals surface area contributed by atoms with Crippen molar-refractivity contribution in [2.75, 3.05) is 6.54 Å². The molecule has 1 rings (SSSR count). The molecule has 1 atom stereocenters. The Balaban J connectivity index is 3.11. The van der Waals surface area contributed by atoms with E-state index in [0.29, 0.717) is 6.42 Å². The Bertz CT molecular complexity index is 409. The van der Waals surface area contributed by atoms with E-state index in [2.05, 4.69) is 0 Å². The van der Waals surface area contributed by atoms with Crippen LogP contribution in [0.1, 0.15) is 38.2 Å². The summed E-state index contributed by atoms with van der Waals surface area (Å²) in [5.41, 5.74) is 4.53. The Morgan fingerprint density at radius 3 is 2.56 bits per heavy atom. The zero-order valence-corrected chi connectivity index (χ0v) is 10.7. The van der Waals surface area contributed by atoms with E-state index < -0.39 is 17.2 Å². The average Bonchev–Trinajstić information content (AvgIpc) is 2.36. The van der Waals surface area contributed by atoms with Crippen LogP contribution in [-0.2, 0) is 10.2 Å². The molecule has 0 saturated carbocycles. The van der Waals surface area contributed by atoms with E-state index in [1.165, 1.54) is 12.1 Å². The largest absolute Gasteiger partial charge is 0.481 e. The van der Waals surface area contributed by atoms with Crippen molar-refractivity contribution in [1.82, 2.24) is 0 Å². The minimum Gasteiger partial charge on any atom is -0.481 e. The van der Waals surface area contributed by atoms with Crippen LogP contribution in [0.2, 0.25) is 0 Å². The van der Waals surface area contributed by atoms with Gasteiger partial charge in [-0.05, 0) is 12.5 Å². The summed E-state index contributed by atoms with van der Waals surface area (Å²) in [6, 6.07) is 5.99. The number of unbranched alkanes of at least 4 members (excludes halogenated alkanes) is 2. The molecule has 1 aromatic rings. The number of rotatable bonds is 7. The van der Waals surface area contributed by atoms with Gasteiger partial charge in [0.05, 0.1) is 0 Å². The van der Waals surface area contributed by atoms with Gasteiger partial charge >= 0.3 is 5.97 Å². The van der Waals surface area contributed by atoms with Gasteiger partial charge in [0.25, 0.3) is 0 Å². The van der Waals surface area contributed by atoms with Gasteiger partial charge in [0.15, 0.2) is 0 Å². The maximum Gasteiger partial charge on any atom is 0.315 e. The second-order valence-corrected chi connectivity index (χ2v) is 4.53. The summed E-state index contributed by atoms with van der Waals surface area (Å²) >= 11 is 0. The molecule has 0 aromatic heterocycles. The first-order valence-electron chi connectivity index (χ1n) is 6.27. The Labute approximate surface area is 107 Å². The molecule has 1 unspecified atom stereocenters. The van der Waals surface area contributed by atoms with Crippen LogP contribution in [-0.4, -0.2) is 17.6 Å². The highest BCUT2D eigenvalue weighted by Gasteiger charge is 2.40. The van der Waals surface area contributed by atoms with Crippen LogP contribution in [0.4, 0.5) is 4.39 Å². The maximum atomic E-state index is 13.8. The topological polar surface area (TPSA) is 63.3 Å². The minimum atomic E-state index is -1.31. The number of carbonyl (C=O) groups is 1. The van der Waals surface area contributed by atoms with E-state index in [9.17, 15) is 14.3 Å². The second kappa shape index (κ2) is 6.50. The SMILES string of the molecule is CCCCCC(CN)(C(=O)O)c1ccccc1F. The fourth-order valence-corrected chi connectivity index (χ4v) is 2.18. The minimum absolute atomic E-state index is 0.0903. The molecule has 18 heavy (non-hydrogen) atoms. The second-order valence-electron chi connectivity index (χ2n) is 4.53. The van der Waals surface area contributed by atoms with Crippen LogP contribution < -0.4 is 5.73 Å². The van der Waals surface area contributed by atoms with Crippen molar-refractivity contribution in [3.8, 4) is 0 Å². The highest BCUT2D eigenvalue weighted by atomic mass is 19.1. The summed E-state index contributed by atoms with van der Waals surface area (Å²) in [5.74, 6) is -1.55. The van der Waals surface area contributed by atoms with Gasteiger partial charge in [-0.1, -0.05) is 44.4 Å². The molecule has 1 aromatic carbocycles. The average molecular weight is 253 g/mol. The fraction of sp³-hybridized carbons (Fsp3) is 0.500. The molecule has 0 bridgehead atoms. The van der Waals surface area contributed by atoms with Crippen LogP contribution in [0.15, 0.2) is 24.3 Å². The van der Waals surface area contributed by atoms with Crippen LogP contribution in [0.5, 0.6) is 0 Å². The molecule has 0 saturated heterocycles. The van der Waals surface area contributed by atoms with Crippen molar-refractivity contribution in [2.45, 2.75) is 38.0 Å². The lowest BCUT2D eigenvalue weighted by atomic mass is 9.76. The van der Waals surface area contributed by atoms with Crippen LogP contribution in [0.3, 0.4) is 0 Å². The number of hydrogen-bond donors (Lipinski definition) is 2. The van der Waals surface area contributed by atoms with Crippen LogP contribution in [0, 0.1) is 5.82 Å². The summed E-state index contributed by atoms with van der Waals surface area (Å²) < 4.78 is 13.8. The van der Waals surface area contributed by atoms with Gasteiger partial charge in [-0.15, -0.1) is 0 Å². The lowest BCUT2D eigenvalue weighted by Crippen LogP contribution is -2.43. The van der Waals surface area contributed by atoms with Crippen molar-refractivity contribution in [2.24, 2.45) is 5.73 Å². The Kier molecular flexibility index (Phi) is 5.28. The molecular weight excluding hydrogens is 233 g/mol. The lowest BCUT2D eigenvalue weighted by molar-refractivity contribution is -0.144. The first-order chi connectivity index (χ1) is 8.58. The summed E-state index contributed by atoms with van der Waals surface area (Å²) in [5, 5.41) is 9.45. The third kappa shape index (κ3) is 2.88. The van der Waals surface area contributed by atoms with Gasteiger partial charge in [-0.3, -0.25) is 4.79 Å². The van der Waals surface area contributed by atoms with Gasteiger partial charge in [0.1, 0.15) is 11.2 Å². The molecule has 0 aliphatic rings. The third-order valence-corrected chi connectivity index (χ3v) is 3.35. The van der Waals surface area contributed by atoms with Crippen LogP contribution in [0.25, 0.3) is 0 Å². The molecule has 0 spiro atoms. The monoisotopic (exact) mass is 253 g/mol. The van der Waals surface area contributed by atoms with Gasteiger partial charge < -0.3 is 10.8 Å². The van der Waals surface area contributed by atoms with Gasteiger partial charge in [0, 0.05) is 12.1 Å². The van der Waals surface area contributed by atoms with Gasteiger partial charge in [-0.25, -0.2) is 4.39 Å². The van der Waals surface area contributed by atoms with Gasteiger partial charge in [0.2, 0.25) is 0 Å². The Hall–Kier alpha value is -1.42. The molecule has 0 heterocycles. The fourth-order valence-electron chi connectivity index (χ4n) is 2.18. The Morgan fingerprint density at radius 2 is 2.06 bits per heavy atom. The molecule has 3 nitrogen and oxygen atoms in total. The summed E-state index contributed by atoms with van der Waals surface area (Å²) in [6.45, 7) is 1.95.